The standard InChI is InChI=1S/C31H67N13O6S/c32-6-10-36-26(45)1-16-42(17-2-27(46)37-11-7-33)21-14-40-29(48)3-18-43(23-24-51)19-4-30(49)41-15-22-44(25-31(50)39-13-9-35)20-5-28(47)38-12-8-34/h26,36,45,51H,1-25,32-35H2,(H,37,46)(H,38,47)(H,39,50)(H,40,48)(H,41,49). The Bertz CT molecular complexity index is 956. The summed E-state index contributed by atoms with van der Waals surface area (Å²) >= 11 is 4.32. The third-order valence-electron chi connectivity index (χ3n) is 7.55. The number of amides is 5. The van der Waals surface area contributed by atoms with Crippen molar-refractivity contribution >= 4 is 42.2 Å². The lowest BCUT2D eigenvalue weighted by molar-refractivity contribution is -0.124. The topological polar surface area (TPSA) is 292 Å². The van der Waals surface area contributed by atoms with Crippen LogP contribution in [0.1, 0.15) is 32.1 Å². The molecule has 0 aliphatic carbocycles. The molecule has 0 aromatic rings. The van der Waals surface area contributed by atoms with Crippen molar-refractivity contribution in [3.63, 3.8) is 0 Å². The van der Waals surface area contributed by atoms with Gasteiger partial charge >= 0.3 is 0 Å². The first kappa shape index (κ1) is 48.3. The summed E-state index contributed by atoms with van der Waals surface area (Å²) in [5.41, 5.74) is 21.8. The Labute approximate surface area is 308 Å². The highest BCUT2D eigenvalue weighted by Gasteiger charge is 2.15. The van der Waals surface area contributed by atoms with Crippen molar-refractivity contribution < 1.29 is 29.1 Å². The highest BCUT2D eigenvalue weighted by atomic mass is 32.1. The largest absolute Gasteiger partial charge is 0.379 e. The molecular formula is C31H67N13O6S. The van der Waals surface area contributed by atoms with Gasteiger partial charge < -0.3 is 64.4 Å². The monoisotopic (exact) mass is 750 g/mol. The lowest BCUT2D eigenvalue weighted by Gasteiger charge is -2.24. The Hall–Kier alpha value is -2.66. The second-order valence-corrected chi connectivity index (χ2v) is 12.3. The Balaban J connectivity index is 4.73. The third kappa shape index (κ3) is 29.6. The minimum atomic E-state index is -0.725. The van der Waals surface area contributed by atoms with E-state index in [4.69, 9.17) is 22.9 Å². The number of hydrogen-bond donors (Lipinski definition) is 12. The van der Waals surface area contributed by atoms with Gasteiger partial charge in [0.25, 0.3) is 0 Å². The number of aliphatic hydroxyl groups is 1. The van der Waals surface area contributed by atoms with Crippen LogP contribution in [0.4, 0.5) is 0 Å². The van der Waals surface area contributed by atoms with Crippen LogP contribution >= 0.6 is 12.6 Å². The van der Waals surface area contributed by atoms with Crippen molar-refractivity contribution in [2.45, 2.75) is 38.3 Å². The quantitative estimate of drug-likeness (QED) is 0.0216. The van der Waals surface area contributed by atoms with Crippen LogP contribution in [0.25, 0.3) is 0 Å². The molecule has 0 aliphatic rings. The van der Waals surface area contributed by atoms with Gasteiger partial charge in [-0.05, 0) is 6.42 Å². The number of thiol groups is 1. The molecule has 19 nitrogen and oxygen atoms in total. The summed E-state index contributed by atoms with van der Waals surface area (Å²) in [7, 11) is 0. The summed E-state index contributed by atoms with van der Waals surface area (Å²) < 4.78 is 0. The van der Waals surface area contributed by atoms with Crippen molar-refractivity contribution in [3.05, 3.63) is 0 Å². The maximum absolute atomic E-state index is 12.7. The molecule has 0 aromatic carbocycles. The van der Waals surface area contributed by atoms with Gasteiger partial charge in [0.1, 0.15) is 6.23 Å². The number of carbonyl (C=O) groups is 5. The fraction of sp³-hybridized carbons (Fsp3) is 0.839. The SMILES string of the molecule is NCCNC(=O)CCN(CCNC(=O)CCN(CCS)CCC(=O)NCCN(CCC(=O)NCCN)CC(=O)NCCN)CCC(O)NCCN. The summed E-state index contributed by atoms with van der Waals surface area (Å²) in [4.78, 5) is 67.4. The van der Waals surface area contributed by atoms with Gasteiger partial charge in [0.05, 0.1) is 6.54 Å². The summed E-state index contributed by atoms with van der Waals surface area (Å²) in [6.45, 7) is 7.43. The van der Waals surface area contributed by atoms with Gasteiger partial charge in [-0.25, -0.2) is 0 Å². The molecule has 1 unspecified atom stereocenters. The van der Waals surface area contributed by atoms with Crippen LogP contribution in [0.2, 0.25) is 0 Å². The molecule has 0 saturated heterocycles. The van der Waals surface area contributed by atoms with Crippen LogP contribution in [0.5, 0.6) is 0 Å². The van der Waals surface area contributed by atoms with E-state index >= 15 is 0 Å². The molecule has 51 heavy (non-hydrogen) atoms. The minimum absolute atomic E-state index is 0.0675. The summed E-state index contributed by atoms with van der Waals surface area (Å²) in [6.07, 6.45) is 0.619. The van der Waals surface area contributed by atoms with E-state index in [0.717, 1.165) is 0 Å². The third-order valence-corrected chi connectivity index (χ3v) is 7.75. The number of nitrogens with two attached hydrogens (primary N) is 4. The molecule has 20 heteroatoms. The molecule has 5 amide bonds. The number of hydrogen-bond acceptors (Lipinski definition) is 15. The summed E-state index contributed by atoms with van der Waals surface area (Å²) in [6, 6.07) is 0. The van der Waals surface area contributed by atoms with Gasteiger partial charge in [-0.15, -0.1) is 0 Å². The van der Waals surface area contributed by atoms with Gasteiger partial charge in [0.2, 0.25) is 29.5 Å². The van der Waals surface area contributed by atoms with Gasteiger partial charge in [-0.3, -0.25) is 34.2 Å². The minimum Gasteiger partial charge on any atom is -0.379 e. The predicted octanol–water partition coefficient (Wildman–Crippen LogP) is -5.90. The number of carbonyl (C=O) groups excluding carboxylic acids is 5. The van der Waals surface area contributed by atoms with E-state index in [1.807, 2.05) is 9.80 Å². The molecule has 0 rings (SSSR count). The van der Waals surface area contributed by atoms with Crippen LogP contribution in [0, 0.1) is 0 Å². The van der Waals surface area contributed by atoms with Crippen LogP contribution in [0.15, 0.2) is 0 Å². The van der Waals surface area contributed by atoms with Crippen molar-refractivity contribution in [3.8, 4) is 0 Å². The first-order valence-electron chi connectivity index (χ1n) is 17.9. The molecule has 0 heterocycles. The van der Waals surface area contributed by atoms with Gasteiger partial charge in [0, 0.05) is 149 Å². The number of aliphatic hydroxyl groups excluding tert-OH is 1. The van der Waals surface area contributed by atoms with Crippen LogP contribution in [-0.2, 0) is 24.0 Å². The normalized spacial score (nSPS) is 11.9. The molecule has 1 atom stereocenters. The zero-order valence-corrected chi connectivity index (χ0v) is 31.2. The van der Waals surface area contributed by atoms with Crippen LogP contribution in [-0.4, -0.2) is 186 Å². The first-order chi connectivity index (χ1) is 24.6. The molecule has 298 valence electrons. The van der Waals surface area contributed by atoms with E-state index in [1.165, 1.54) is 0 Å². The molecule has 0 bridgehead atoms. The van der Waals surface area contributed by atoms with Gasteiger partial charge in [0.15, 0.2) is 0 Å². The molecule has 0 spiro atoms. The van der Waals surface area contributed by atoms with E-state index in [-0.39, 0.29) is 61.8 Å². The Morgan fingerprint density at radius 2 is 0.863 bits per heavy atom. The molecule has 0 radical (unpaired) electrons. The van der Waals surface area contributed by atoms with Gasteiger partial charge in [-0.1, -0.05) is 0 Å². The van der Waals surface area contributed by atoms with Crippen LogP contribution in [0.3, 0.4) is 0 Å². The molecule has 15 N–H and O–H groups in total. The van der Waals surface area contributed by atoms with E-state index < -0.39 is 6.23 Å². The van der Waals surface area contributed by atoms with Gasteiger partial charge in [-0.2, -0.15) is 12.6 Å². The lowest BCUT2D eigenvalue weighted by atomic mass is 10.2. The molecule has 0 saturated carbocycles. The second kappa shape index (κ2) is 33.2. The fourth-order valence-corrected chi connectivity index (χ4v) is 5.01. The highest BCUT2D eigenvalue weighted by Crippen LogP contribution is 2.00. The molecule has 0 aromatic heterocycles. The van der Waals surface area contributed by atoms with Crippen molar-refractivity contribution in [1.82, 2.24) is 46.6 Å². The maximum Gasteiger partial charge on any atom is 0.234 e. The number of nitrogens with zero attached hydrogens (tertiary/aromatic N) is 3. The maximum atomic E-state index is 12.7. The highest BCUT2D eigenvalue weighted by molar-refractivity contribution is 7.80. The fourth-order valence-electron chi connectivity index (χ4n) is 4.73. The smallest absolute Gasteiger partial charge is 0.234 e. The molecule has 0 aliphatic heterocycles. The summed E-state index contributed by atoms with van der Waals surface area (Å²) in [5.74, 6) is -0.242. The average Bonchev–Trinajstić information content (AvgIpc) is 3.11. The average molecular weight is 750 g/mol. The first-order valence-corrected chi connectivity index (χ1v) is 18.5. The molecule has 0 fully saturated rings. The Morgan fingerprint density at radius 3 is 1.29 bits per heavy atom. The Morgan fingerprint density at radius 1 is 0.490 bits per heavy atom. The van der Waals surface area contributed by atoms with Crippen molar-refractivity contribution in [1.29, 1.82) is 0 Å². The van der Waals surface area contributed by atoms with E-state index in [9.17, 15) is 29.1 Å². The lowest BCUT2D eigenvalue weighted by Crippen LogP contribution is -2.44. The summed E-state index contributed by atoms with van der Waals surface area (Å²) in [5, 5.41) is 27.0. The van der Waals surface area contributed by atoms with Crippen molar-refractivity contribution in [2.75, 3.05) is 130 Å². The zero-order chi connectivity index (χ0) is 38.1. The van der Waals surface area contributed by atoms with E-state index in [0.29, 0.717) is 130 Å². The van der Waals surface area contributed by atoms with Crippen LogP contribution < -0.4 is 54.8 Å². The number of nitrogens with one attached hydrogen (secondary N) is 6. The van der Waals surface area contributed by atoms with E-state index in [2.05, 4.69) is 44.5 Å². The Kier molecular flexibility index (Phi) is 31.5. The molecular weight excluding hydrogens is 682 g/mol. The zero-order valence-electron chi connectivity index (χ0n) is 30.3. The second-order valence-electron chi connectivity index (χ2n) is 11.8. The number of rotatable bonds is 34. The predicted molar refractivity (Wildman–Crippen MR) is 202 cm³/mol. The van der Waals surface area contributed by atoms with E-state index in [1.54, 1.807) is 4.90 Å². The van der Waals surface area contributed by atoms with Crippen molar-refractivity contribution in [2.24, 2.45) is 22.9 Å².